The summed E-state index contributed by atoms with van der Waals surface area (Å²) in [4.78, 5) is 0. The summed E-state index contributed by atoms with van der Waals surface area (Å²) in [7, 11) is 0. The number of benzene rings is 1. The first kappa shape index (κ1) is 8.79. The molecule has 1 aromatic rings. The summed E-state index contributed by atoms with van der Waals surface area (Å²) in [6.45, 7) is 2.01. The van der Waals surface area contributed by atoms with Crippen molar-refractivity contribution in [2.75, 3.05) is 0 Å². The number of rotatable bonds is 2. The van der Waals surface area contributed by atoms with Crippen molar-refractivity contribution >= 4 is 19.4 Å². The van der Waals surface area contributed by atoms with Gasteiger partial charge in [-0.1, -0.05) is 0 Å². The monoisotopic (exact) mass is 215 g/mol. The summed E-state index contributed by atoms with van der Waals surface area (Å²) in [5, 5.41) is 0. The van der Waals surface area contributed by atoms with Crippen LogP contribution in [0.3, 0.4) is 0 Å². The molecule has 0 bridgehead atoms. The second-order valence-electron chi connectivity index (χ2n) is 2.56. The van der Waals surface area contributed by atoms with Gasteiger partial charge in [0, 0.05) is 0 Å². The predicted octanol–water partition coefficient (Wildman–Crippen LogP) is 1.08. The van der Waals surface area contributed by atoms with Gasteiger partial charge in [-0.25, -0.2) is 0 Å². The van der Waals surface area contributed by atoms with Gasteiger partial charge in [-0.3, -0.25) is 0 Å². The van der Waals surface area contributed by atoms with Crippen LogP contribution in [0, 0.1) is 0 Å². The topological polar surface area (TPSA) is 26.0 Å². The van der Waals surface area contributed by atoms with Crippen LogP contribution in [0.25, 0.3) is 0 Å². The molecule has 0 radical (unpaired) electrons. The van der Waals surface area contributed by atoms with Crippen LogP contribution >= 0.6 is 0 Å². The fourth-order valence-electron chi connectivity index (χ4n) is 0.907. The van der Waals surface area contributed by atoms with Crippen LogP contribution in [-0.4, -0.2) is 15.0 Å². The van der Waals surface area contributed by atoms with Crippen LogP contribution in [-0.2, 0) is 0 Å². The molecule has 0 aromatic heterocycles. The van der Waals surface area contributed by atoms with E-state index in [0.29, 0.717) is 15.0 Å². The van der Waals surface area contributed by atoms with Gasteiger partial charge in [0.05, 0.1) is 0 Å². The second-order valence-corrected chi connectivity index (χ2v) is 4.41. The Balaban J connectivity index is 2.83. The molecule has 0 heterocycles. The van der Waals surface area contributed by atoms with Gasteiger partial charge in [0.25, 0.3) is 0 Å². The van der Waals surface area contributed by atoms with Crippen LogP contribution in [0.15, 0.2) is 24.3 Å². The Kier molecular flexibility index (Phi) is 3.13. The number of hydrogen-bond acceptors (Lipinski definition) is 1. The summed E-state index contributed by atoms with van der Waals surface area (Å²) in [6.07, 6.45) is 0. The molecule has 1 aromatic carbocycles. The van der Waals surface area contributed by atoms with E-state index in [4.69, 9.17) is 5.73 Å². The van der Waals surface area contributed by atoms with Gasteiger partial charge in [-0.15, -0.1) is 0 Å². The molecule has 1 atom stereocenters. The molecule has 60 valence electrons. The number of hydrogen-bond donors (Lipinski definition) is 1. The van der Waals surface area contributed by atoms with E-state index in [2.05, 4.69) is 30.1 Å². The second kappa shape index (κ2) is 3.91. The van der Waals surface area contributed by atoms with E-state index < -0.39 is 0 Å². The molecule has 0 aliphatic heterocycles. The maximum atomic E-state index is 5.71. The third kappa shape index (κ3) is 2.33. The molecule has 0 unspecified atom stereocenters. The van der Waals surface area contributed by atoms with Crippen molar-refractivity contribution in [3.63, 3.8) is 0 Å². The standard InChI is InChI=1S/C9H13NSe/c1-7(10)8-3-5-9(11-2)6-4-8/h3-7H,10H2,1-2H3/t7-/m1/s1. The van der Waals surface area contributed by atoms with Crippen molar-refractivity contribution in [3.05, 3.63) is 29.8 Å². The molecule has 2 N–H and O–H groups in total. The van der Waals surface area contributed by atoms with Crippen molar-refractivity contribution in [2.45, 2.75) is 18.8 Å². The van der Waals surface area contributed by atoms with Gasteiger partial charge < -0.3 is 0 Å². The summed E-state index contributed by atoms with van der Waals surface area (Å²) >= 11 is 0.608. The van der Waals surface area contributed by atoms with Gasteiger partial charge >= 0.3 is 73.8 Å². The Bertz CT molecular complexity index is 216. The fourth-order valence-corrected chi connectivity index (χ4v) is 1.76. The molecule has 0 aliphatic rings. The molecular formula is C9H13NSe. The van der Waals surface area contributed by atoms with Crippen molar-refractivity contribution in [3.8, 4) is 0 Å². The molecule has 0 saturated heterocycles. The van der Waals surface area contributed by atoms with E-state index in [-0.39, 0.29) is 6.04 Å². The number of nitrogens with two attached hydrogens (primary N) is 1. The molecule has 2 heteroatoms. The van der Waals surface area contributed by atoms with Crippen LogP contribution in [0.5, 0.6) is 0 Å². The van der Waals surface area contributed by atoms with Gasteiger partial charge in [-0.05, 0) is 0 Å². The molecule has 11 heavy (non-hydrogen) atoms. The summed E-state index contributed by atoms with van der Waals surface area (Å²) in [5.74, 6) is 2.22. The van der Waals surface area contributed by atoms with Gasteiger partial charge in [0.1, 0.15) is 0 Å². The van der Waals surface area contributed by atoms with Crippen LogP contribution in [0.1, 0.15) is 18.5 Å². The third-order valence-corrected chi connectivity index (χ3v) is 3.20. The Morgan fingerprint density at radius 3 is 2.18 bits per heavy atom. The van der Waals surface area contributed by atoms with Crippen LogP contribution in [0.4, 0.5) is 0 Å². The molecule has 1 rings (SSSR count). The zero-order valence-electron chi connectivity index (χ0n) is 6.87. The Labute approximate surface area is 74.1 Å². The summed E-state index contributed by atoms with van der Waals surface area (Å²) in [5.41, 5.74) is 6.93. The van der Waals surface area contributed by atoms with Crippen LogP contribution in [0.2, 0.25) is 5.82 Å². The molecular weight excluding hydrogens is 201 g/mol. The average Bonchev–Trinajstić information content (AvgIpc) is 2.05. The SMILES string of the molecule is C[Se]c1ccc([C@@H](C)N)cc1. The normalized spacial score (nSPS) is 13.0. The first-order valence-electron chi connectivity index (χ1n) is 3.63. The minimum absolute atomic E-state index is 0.161. The molecule has 0 spiro atoms. The van der Waals surface area contributed by atoms with E-state index in [1.165, 1.54) is 10.0 Å². The van der Waals surface area contributed by atoms with Gasteiger partial charge in [-0.2, -0.15) is 0 Å². The first-order chi connectivity index (χ1) is 5.24. The van der Waals surface area contributed by atoms with E-state index in [0.717, 1.165) is 0 Å². The summed E-state index contributed by atoms with van der Waals surface area (Å²) in [6, 6.07) is 8.72. The van der Waals surface area contributed by atoms with Crippen molar-refractivity contribution in [1.82, 2.24) is 0 Å². The van der Waals surface area contributed by atoms with Crippen LogP contribution < -0.4 is 10.2 Å². The van der Waals surface area contributed by atoms with E-state index in [1.54, 1.807) is 0 Å². The average molecular weight is 214 g/mol. The third-order valence-electron chi connectivity index (χ3n) is 1.64. The predicted molar refractivity (Wildman–Crippen MR) is 50.3 cm³/mol. The van der Waals surface area contributed by atoms with E-state index in [1.807, 2.05) is 6.92 Å². The van der Waals surface area contributed by atoms with Crippen molar-refractivity contribution in [2.24, 2.45) is 5.73 Å². The Morgan fingerprint density at radius 1 is 1.27 bits per heavy atom. The fraction of sp³-hybridized carbons (Fsp3) is 0.333. The minimum atomic E-state index is 0.161. The first-order valence-corrected chi connectivity index (χ1v) is 6.20. The van der Waals surface area contributed by atoms with Gasteiger partial charge in [0.2, 0.25) is 0 Å². The zero-order chi connectivity index (χ0) is 8.27. The molecule has 0 saturated carbocycles. The van der Waals surface area contributed by atoms with E-state index >= 15 is 0 Å². The molecule has 1 nitrogen and oxygen atoms in total. The molecule has 0 aliphatic carbocycles. The molecule has 0 fully saturated rings. The Hall–Kier alpha value is -0.301. The summed E-state index contributed by atoms with van der Waals surface area (Å²) < 4.78 is 1.43. The maximum absolute atomic E-state index is 5.71. The molecule has 0 amide bonds. The Morgan fingerprint density at radius 2 is 1.82 bits per heavy atom. The van der Waals surface area contributed by atoms with Crippen molar-refractivity contribution < 1.29 is 0 Å². The van der Waals surface area contributed by atoms with Crippen molar-refractivity contribution in [1.29, 1.82) is 0 Å². The zero-order valence-corrected chi connectivity index (χ0v) is 8.59. The quantitative estimate of drug-likeness (QED) is 0.732. The van der Waals surface area contributed by atoms with Gasteiger partial charge in [0.15, 0.2) is 0 Å². The van der Waals surface area contributed by atoms with E-state index in [9.17, 15) is 0 Å².